The molecule has 0 aliphatic carbocycles. The SMILES string of the molecule is NC(=S)N=c1ccn(O)cc1. The average molecular weight is 169 g/mol. The van der Waals surface area contributed by atoms with Gasteiger partial charge in [0.2, 0.25) is 0 Å². The molecule has 0 unspecified atom stereocenters. The second-order valence-corrected chi connectivity index (χ2v) is 2.30. The van der Waals surface area contributed by atoms with E-state index in [2.05, 4.69) is 17.2 Å². The highest BCUT2D eigenvalue weighted by Crippen LogP contribution is 1.76. The maximum atomic E-state index is 8.80. The molecule has 0 spiro atoms. The Balaban J connectivity index is 3.08. The summed E-state index contributed by atoms with van der Waals surface area (Å²) in [7, 11) is 0. The van der Waals surface area contributed by atoms with E-state index in [-0.39, 0.29) is 5.11 Å². The standard InChI is InChI=1S/C6H7N3OS/c7-6(11)8-5-1-3-9(10)4-2-5/h1-4,10H,(H2,7,11). The number of nitrogens with two attached hydrogens (primary N) is 1. The topological polar surface area (TPSA) is 63.5 Å². The van der Waals surface area contributed by atoms with E-state index in [1.165, 1.54) is 12.4 Å². The van der Waals surface area contributed by atoms with Gasteiger partial charge in [0, 0.05) is 12.4 Å². The van der Waals surface area contributed by atoms with Gasteiger partial charge in [0.05, 0.1) is 5.36 Å². The van der Waals surface area contributed by atoms with Gasteiger partial charge in [0.1, 0.15) is 0 Å². The van der Waals surface area contributed by atoms with Gasteiger partial charge < -0.3 is 10.9 Å². The first-order chi connectivity index (χ1) is 5.18. The number of rotatable bonds is 0. The van der Waals surface area contributed by atoms with Crippen LogP contribution < -0.4 is 11.1 Å². The molecule has 0 saturated carbocycles. The van der Waals surface area contributed by atoms with Crippen LogP contribution in [0.25, 0.3) is 0 Å². The van der Waals surface area contributed by atoms with Crippen molar-refractivity contribution in [3.8, 4) is 0 Å². The number of hydrogen-bond donors (Lipinski definition) is 2. The van der Waals surface area contributed by atoms with Gasteiger partial charge in [-0.25, -0.2) is 9.72 Å². The molecule has 11 heavy (non-hydrogen) atoms. The minimum absolute atomic E-state index is 0.0840. The van der Waals surface area contributed by atoms with Crippen LogP contribution in [-0.2, 0) is 0 Å². The summed E-state index contributed by atoms with van der Waals surface area (Å²) in [5, 5.41) is 9.51. The van der Waals surface area contributed by atoms with Crippen molar-refractivity contribution in [2.75, 3.05) is 0 Å². The monoisotopic (exact) mass is 169 g/mol. The Kier molecular flexibility index (Phi) is 2.22. The normalized spacial score (nSPS) is 9.09. The fourth-order valence-corrected chi connectivity index (χ4v) is 0.718. The molecule has 0 aliphatic rings. The van der Waals surface area contributed by atoms with Gasteiger partial charge in [-0.2, -0.15) is 0 Å². The van der Waals surface area contributed by atoms with Crippen LogP contribution in [0.5, 0.6) is 0 Å². The Morgan fingerprint density at radius 2 is 2.09 bits per heavy atom. The molecule has 0 fully saturated rings. The van der Waals surface area contributed by atoms with Gasteiger partial charge in [0.15, 0.2) is 5.11 Å². The smallest absolute Gasteiger partial charge is 0.190 e. The van der Waals surface area contributed by atoms with E-state index in [1.807, 2.05) is 0 Å². The largest absolute Gasteiger partial charge is 0.429 e. The molecule has 0 radical (unpaired) electrons. The van der Waals surface area contributed by atoms with Gasteiger partial charge >= 0.3 is 0 Å². The molecule has 0 aliphatic heterocycles. The Hall–Kier alpha value is -1.36. The number of pyridine rings is 1. The first-order valence-electron chi connectivity index (χ1n) is 2.90. The minimum Gasteiger partial charge on any atom is -0.429 e. The zero-order valence-electron chi connectivity index (χ0n) is 5.64. The lowest BCUT2D eigenvalue weighted by Crippen LogP contribution is -2.11. The van der Waals surface area contributed by atoms with Crippen molar-refractivity contribution in [1.29, 1.82) is 0 Å². The molecule has 1 rings (SSSR count). The van der Waals surface area contributed by atoms with E-state index < -0.39 is 0 Å². The molecule has 0 saturated heterocycles. The second kappa shape index (κ2) is 3.16. The summed E-state index contributed by atoms with van der Waals surface area (Å²) < 4.78 is 0.915. The first kappa shape index (κ1) is 7.74. The van der Waals surface area contributed by atoms with Gasteiger partial charge in [-0.05, 0) is 24.4 Å². The number of thiocarbonyl (C=S) groups is 1. The van der Waals surface area contributed by atoms with Crippen molar-refractivity contribution in [3.05, 3.63) is 29.9 Å². The third kappa shape index (κ3) is 2.38. The number of nitrogens with zero attached hydrogens (tertiary/aromatic N) is 2. The molecule has 1 aromatic rings. The molecule has 58 valence electrons. The highest BCUT2D eigenvalue weighted by atomic mass is 32.1. The third-order valence-electron chi connectivity index (χ3n) is 1.04. The predicted octanol–water partition coefficient (Wildman–Crippen LogP) is -0.130. The van der Waals surface area contributed by atoms with Crippen LogP contribution in [0, 0.1) is 0 Å². The first-order valence-corrected chi connectivity index (χ1v) is 3.31. The zero-order valence-corrected chi connectivity index (χ0v) is 6.45. The van der Waals surface area contributed by atoms with Crippen molar-refractivity contribution in [1.82, 2.24) is 4.73 Å². The molecule has 1 aromatic heterocycles. The molecule has 5 heteroatoms. The predicted molar refractivity (Wildman–Crippen MR) is 44.0 cm³/mol. The summed E-state index contributed by atoms with van der Waals surface area (Å²) >= 11 is 4.55. The fraction of sp³-hybridized carbons (Fsp3) is 0. The van der Waals surface area contributed by atoms with Gasteiger partial charge in [-0.3, -0.25) is 0 Å². The van der Waals surface area contributed by atoms with Crippen LogP contribution in [0.3, 0.4) is 0 Å². The number of aromatic nitrogens is 1. The maximum Gasteiger partial charge on any atom is 0.190 e. The van der Waals surface area contributed by atoms with Crippen LogP contribution in [0.15, 0.2) is 29.5 Å². The zero-order chi connectivity index (χ0) is 8.27. The van der Waals surface area contributed by atoms with E-state index in [0.717, 1.165) is 4.73 Å². The van der Waals surface area contributed by atoms with E-state index in [9.17, 15) is 0 Å². The highest BCUT2D eigenvalue weighted by Gasteiger charge is 1.82. The van der Waals surface area contributed by atoms with Crippen LogP contribution >= 0.6 is 12.2 Å². The lowest BCUT2D eigenvalue weighted by Gasteiger charge is -1.92. The number of hydrogen-bond acceptors (Lipinski definition) is 2. The van der Waals surface area contributed by atoms with E-state index in [1.54, 1.807) is 12.1 Å². The molecular formula is C6H7N3OS. The van der Waals surface area contributed by atoms with Crippen molar-refractivity contribution in [2.45, 2.75) is 0 Å². The Labute approximate surface area is 68.6 Å². The van der Waals surface area contributed by atoms with E-state index in [4.69, 9.17) is 10.9 Å². The van der Waals surface area contributed by atoms with Crippen LogP contribution in [0.1, 0.15) is 0 Å². The minimum atomic E-state index is 0.0840. The summed E-state index contributed by atoms with van der Waals surface area (Å²) in [6.45, 7) is 0. The van der Waals surface area contributed by atoms with Crippen LogP contribution in [0.2, 0.25) is 0 Å². The summed E-state index contributed by atoms with van der Waals surface area (Å²) in [4.78, 5) is 3.79. The molecule has 0 aromatic carbocycles. The van der Waals surface area contributed by atoms with Gasteiger partial charge in [0.25, 0.3) is 0 Å². The lowest BCUT2D eigenvalue weighted by atomic mass is 10.5. The average Bonchev–Trinajstić information content (AvgIpc) is 1.93. The molecule has 0 atom stereocenters. The Morgan fingerprint density at radius 3 is 2.55 bits per heavy atom. The summed E-state index contributed by atoms with van der Waals surface area (Å²) in [6, 6.07) is 3.19. The molecule has 0 bridgehead atoms. The molecular weight excluding hydrogens is 162 g/mol. The van der Waals surface area contributed by atoms with Gasteiger partial charge in [-0.1, -0.05) is 0 Å². The van der Waals surface area contributed by atoms with Crippen molar-refractivity contribution >= 4 is 17.3 Å². The molecule has 4 nitrogen and oxygen atoms in total. The Morgan fingerprint density at radius 1 is 1.55 bits per heavy atom. The van der Waals surface area contributed by atoms with E-state index in [0.29, 0.717) is 5.36 Å². The second-order valence-electron chi connectivity index (χ2n) is 1.89. The third-order valence-corrected chi connectivity index (χ3v) is 1.13. The Bertz CT molecular complexity index is 310. The van der Waals surface area contributed by atoms with Crippen LogP contribution in [-0.4, -0.2) is 15.1 Å². The van der Waals surface area contributed by atoms with Crippen molar-refractivity contribution in [2.24, 2.45) is 10.7 Å². The van der Waals surface area contributed by atoms with Crippen molar-refractivity contribution in [3.63, 3.8) is 0 Å². The van der Waals surface area contributed by atoms with Crippen LogP contribution in [0.4, 0.5) is 0 Å². The van der Waals surface area contributed by atoms with Crippen molar-refractivity contribution < 1.29 is 5.21 Å². The maximum absolute atomic E-state index is 8.80. The summed E-state index contributed by atoms with van der Waals surface area (Å²) in [5.41, 5.74) is 5.16. The highest BCUT2D eigenvalue weighted by molar-refractivity contribution is 7.80. The summed E-state index contributed by atoms with van der Waals surface area (Å²) in [5.74, 6) is 0. The van der Waals surface area contributed by atoms with E-state index >= 15 is 0 Å². The quantitative estimate of drug-likeness (QED) is 0.420. The van der Waals surface area contributed by atoms with Gasteiger partial charge in [-0.15, -0.1) is 0 Å². The summed E-state index contributed by atoms with van der Waals surface area (Å²) in [6.07, 6.45) is 2.88. The molecule has 1 heterocycles. The molecule has 3 N–H and O–H groups in total. The lowest BCUT2D eigenvalue weighted by molar-refractivity contribution is 0.184. The molecule has 0 amide bonds. The fourth-order valence-electron chi connectivity index (χ4n) is 0.612.